The van der Waals surface area contributed by atoms with E-state index in [2.05, 4.69) is 17.6 Å². The fraction of sp³-hybridized carbons (Fsp3) is 0. The molecule has 6 nitrogen and oxygen atoms in total. The van der Waals surface area contributed by atoms with Crippen LogP contribution in [0.2, 0.25) is 5.02 Å². The number of hydrazine groups is 1. The van der Waals surface area contributed by atoms with E-state index in [4.69, 9.17) is 22.6 Å². The molecule has 0 aliphatic rings. The highest BCUT2D eigenvalue weighted by atomic mass is 35.5. The lowest BCUT2D eigenvalue weighted by atomic mass is 10.2. The Morgan fingerprint density at radius 1 is 1.53 bits per heavy atom. The quantitative estimate of drug-likeness (QED) is 0.543. The monoisotopic (exact) mass is 290 g/mol. The molecule has 0 aromatic heterocycles. The van der Waals surface area contributed by atoms with E-state index in [1.807, 2.05) is 10.9 Å². The van der Waals surface area contributed by atoms with Crippen LogP contribution in [0.1, 0.15) is 5.56 Å². The Labute approximate surface area is 108 Å². The van der Waals surface area contributed by atoms with Crippen molar-refractivity contribution in [1.29, 1.82) is 5.26 Å². The Bertz CT molecular complexity index is 594. The first kappa shape index (κ1) is 13.7. The van der Waals surface area contributed by atoms with Crippen molar-refractivity contribution in [2.45, 2.75) is 4.90 Å². The molecule has 17 heavy (non-hydrogen) atoms. The number of halogens is 1. The maximum absolute atomic E-state index is 11.7. The third kappa shape index (κ3) is 3.54. The molecule has 0 saturated carbocycles. The molecule has 0 radical (unpaired) electrons. The highest BCUT2D eigenvalue weighted by molar-refractivity contribution is 7.89. The van der Waals surface area contributed by atoms with Crippen LogP contribution in [0, 0.1) is 11.3 Å². The summed E-state index contributed by atoms with van der Waals surface area (Å²) in [7, 11) is -3.88. The number of sulfonamides is 1. The zero-order chi connectivity index (χ0) is 13.1. The first-order chi connectivity index (χ1) is 7.86. The molecule has 0 amide bonds. The predicted octanol–water partition coefficient (Wildman–Crippen LogP) is 0.238. The van der Waals surface area contributed by atoms with E-state index in [-0.39, 0.29) is 20.6 Å². The van der Waals surface area contributed by atoms with Crippen LogP contribution in [0.25, 0.3) is 0 Å². The van der Waals surface area contributed by atoms with Gasteiger partial charge < -0.3 is 5.73 Å². The molecule has 0 saturated heterocycles. The first-order valence-corrected chi connectivity index (χ1v) is 6.40. The van der Waals surface area contributed by atoms with Crippen LogP contribution >= 0.6 is 23.8 Å². The normalized spacial score (nSPS) is 10.6. The molecule has 0 spiro atoms. The maximum atomic E-state index is 11.7. The highest BCUT2D eigenvalue weighted by Crippen LogP contribution is 2.21. The van der Waals surface area contributed by atoms with Crippen molar-refractivity contribution in [2.75, 3.05) is 0 Å². The SMILES string of the molecule is N#Cc1ccc(S(=O)(=O)NNC(N)=S)c(Cl)c1. The van der Waals surface area contributed by atoms with Gasteiger partial charge in [-0.2, -0.15) is 5.26 Å². The van der Waals surface area contributed by atoms with Crippen LogP contribution in [0.5, 0.6) is 0 Å². The van der Waals surface area contributed by atoms with Crippen LogP contribution in [0.4, 0.5) is 0 Å². The van der Waals surface area contributed by atoms with Crippen molar-refractivity contribution in [3.8, 4) is 6.07 Å². The minimum Gasteiger partial charge on any atom is -0.375 e. The molecule has 4 N–H and O–H groups in total. The molecule has 0 unspecified atom stereocenters. The number of nitrogens with two attached hydrogens (primary N) is 1. The van der Waals surface area contributed by atoms with Gasteiger partial charge in [0.1, 0.15) is 4.90 Å². The molecule has 1 aromatic rings. The Hall–Kier alpha value is -1.40. The molecule has 0 atom stereocenters. The summed E-state index contributed by atoms with van der Waals surface area (Å²) in [5.74, 6) is 0. The number of nitrogens with one attached hydrogen (secondary N) is 2. The number of nitriles is 1. The topological polar surface area (TPSA) is 108 Å². The molecule has 0 heterocycles. The predicted molar refractivity (Wildman–Crippen MR) is 66.4 cm³/mol. The Morgan fingerprint density at radius 3 is 2.65 bits per heavy atom. The van der Waals surface area contributed by atoms with E-state index >= 15 is 0 Å². The summed E-state index contributed by atoms with van der Waals surface area (Å²) < 4.78 is 23.4. The van der Waals surface area contributed by atoms with Crippen molar-refractivity contribution in [2.24, 2.45) is 5.73 Å². The molecule has 0 aliphatic carbocycles. The zero-order valence-electron chi connectivity index (χ0n) is 8.27. The van der Waals surface area contributed by atoms with Gasteiger partial charge in [0.2, 0.25) is 0 Å². The number of nitrogens with zero attached hydrogens (tertiary/aromatic N) is 1. The average Bonchev–Trinajstić information content (AvgIpc) is 2.26. The second-order valence-corrected chi connectivity index (χ2v) is 5.35. The van der Waals surface area contributed by atoms with Crippen molar-refractivity contribution < 1.29 is 8.42 Å². The Balaban J connectivity index is 3.08. The Kier molecular flexibility index (Phi) is 4.25. The fourth-order valence-corrected chi connectivity index (χ4v) is 2.48. The molecule has 0 bridgehead atoms. The van der Waals surface area contributed by atoms with Crippen LogP contribution in [0.15, 0.2) is 23.1 Å². The van der Waals surface area contributed by atoms with Crippen molar-refractivity contribution in [3.05, 3.63) is 28.8 Å². The molecule has 0 fully saturated rings. The number of hydrogen-bond acceptors (Lipinski definition) is 4. The van der Waals surface area contributed by atoms with Gasteiger partial charge in [-0.3, -0.25) is 5.43 Å². The van der Waals surface area contributed by atoms with Gasteiger partial charge in [-0.15, -0.1) is 4.83 Å². The molecular weight excluding hydrogens is 284 g/mol. The van der Waals surface area contributed by atoms with E-state index in [1.54, 1.807) is 0 Å². The van der Waals surface area contributed by atoms with Crippen molar-refractivity contribution in [3.63, 3.8) is 0 Å². The summed E-state index contributed by atoms with van der Waals surface area (Å²) in [6, 6.07) is 5.63. The minimum atomic E-state index is -3.88. The lowest BCUT2D eigenvalue weighted by Crippen LogP contribution is -2.44. The van der Waals surface area contributed by atoms with E-state index in [1.165, 1.54) is 18.2 Å². The molecule has 1 rings (SSSR count). The van der Waals surface area contributed by atoms with Crippen molar-refractivity contribution in [1.82, 2.24) is 10.3 Å². The lowest BCUT2D eigenvalue weighted by Gasteiger charge is -2.09. The van der Waals surface area contributed by atoms with Crippen molar-refractivity contribution >= 4 is 39.0 Å². The fourth-order valence-electron chi connectivity index (χ4n) is 0.961. The summed E-state index contributed by atoms with van der Waals surface area (Å²) in [5, 5.41) is 8.32. The maximum Gasteiger partial charge on any atom is 0.258 e. The van der Waals surface area contributed by atoms with E-state index < -0.39 is 10.0 Å². The van der Waals surface area contributed by atoms with Gasteiger partial charge in [0.25, 0.3) is 10.0 Å². The molecular formula is C8H7ClN4O2S2. The van der Waals surface area contributed by atoms with Gasteiger partial charge in [0.15, 0.2) is 5.11 Å². The highest BCUT2D eigenvalue weighted by Gasteiger charge is 2.17. The van der Waals surface area contributed by atoms with E-state index in [0.29, 0.717) is 0 Å². The standard InChI is InChI=1S/C8H7ClN4O2S2/c9-6-3-5(4-10)1-2-7(6)17(14,15)13-12-8(11)16/h1-3,13H,(H3,11,12,16). The molecule has 90 valence electrons. The molecule has 1 aromatic carbocycles. The van der Waals surface area contributed by atoms with Crippen LogP contribution in [-0.4, -0.2) is 13.5 Å². The summed E-state index contributed by atoms with van der Waals surface area (Å²) in [4.78, 5) is 1.76. The summed E-state index contributed by atoms with van der Waals surface area (Å²) >= 11 is 10.2. The molecule has 9 heteroatoms. The van der Waals surface area contributed by atoms with Gasteiger partial charge in [-0.05, 0) is 30.4 Å². The second-order valence-electron chi connectivity index (χ2n) is 2.85. The minimum absolute atomic E-state index is 0.0683. The summed E-state index contributed by atoms with van der Waals surface area (Å²) in [6.07, 6.45) is 0. The summed E-state index contributed by atoms with van der Waals surface area (Å²) in [6.45, 7) is 0. The molecule has 0 aliphatic heterocycles. The van der Waals surface area contributed by atoms with E-state index in [9.17, 15) is 8.42 Å². The van der Waals surface area contributed by atoms with Gasteiger partial charge in [0.05, 0.1) is 16.7 Å². The first-order valence-electron chi connectivity index (χ1n) is 4.14. The van der Waals surface area contributed by atoms with E-state index in [0.717, 1.165) is 0 Å². The van der Waals surface area contributed by atoms with Gasteiger partial charge >= 0.3 is 0 Å². The number of hydrogen-bond donors (Lipinski definition) is 3. The number of benzene rings is 1. The third-order valence-corrected chi connectivity index (χ3v) is 3.49. The third-order valence-electron chi connectivity index (χ3n) is 1.66. The van der Waals surface area contributed by atoms with Gasteiger partial charge in [-0.1, -0.05) is 11.6 Å². The number of rotatable bonds is 3. The number of thiocarbonyl (C=S) groups is 1. The average molecular weight is 291 g/mol. The van der Waals surface area contributed by atoms with Gasteiger partial charge in [-0.25, -0.2) is 8.42 Å². The van der Waals surface area contributed by atoms with Gasteiger partial charge in [0, 0.05) is 0 Å². The Morgan fingerprint density at radius 2 is 2.18 bits per heavy atom. The lowest BCUT2D eigenvalue weighted by molar-refractivity contribution is 0.577. The smallest absolute Gasteiger partial charge is 0.258 e. The zero-order valence-corrected chi connectivity index (χ0v) is 10.7. The second kappa shape index (κ2) is 5.29. The van der Waals surface area contributed by atoms with Crippen LogP contribution in [0.3, 0.4) is 0 Å². The van der Waals surface area contributed by atoms with Crippen LogP contribution in [-0.2, 0) is 10.0 Å². The summed E-state index contributed by atoms with van der Waals surface area (Å²) in [5.41, 5.74) is 7.43. The largest absolute Gasteiger partial charge is 0.375 e. The van der Waals surface area contributed by atoms with Crippen LogP contribution < -0.4 is 16.0 Å².